The Hall–Kier alpha value is -1.42. The monoisotopic (exact) mass is 250 g/mol. The summed E-state index contributed by atoms with van der Waals surface area (Å²) < 4.78 is 10.8. The Morgan fingerprint density at radius 3 is 3.00 bits per heavy atom. The van der Waals surface area contributed by atoms with Crippen molar-refractivity contribution in [3.8, 4) is 5.75 Å². The van der Waals surface area contributed by atoms with E-state index in [0.29, 0.717) is 12.5 Å². The fraction of sp³-hybridized carbons (Fsp3) is 0.571. The molecule has 0 aromatic heterocycles. The van der Waals surface area contributed by atoms with Crippen LogP contribution in [-0.4, -0.2) is 33.4 Å². The van der Waals surface area contributed by atoms with Crippen molar-refractivity contribution < 1.29 is 9.47 Å². The van der Waals surface area contributed by atoms with Crippen LogP contribution < -0.4 is 15.4 Å². The Bertz CT molecular complexity index is 395. The summed E-state index contributed by atoms with van der Waals surface area (Å²) in [6.45, 7) is 5.47. The standard InChI is InChI=1S/C14H22N2O2/c1-3-18-13-6-4-5-12(14(13)15)16-8-7-11(9-16)10-17-2/h4-6,11H,3,7-10,15H2,1-2H3. The van der Waals surface area contributed by atoms with Gasteiger partial charge in [0.25, 0.3) is 0 Å². The van der Waals surface area contributed by atoms with Gasteiger partial charge >= 0.3 is 0 Å². The summed E-state index contributed by atoms with van der Waals surface area (Å²) in [5.41, 5.74) is 8.00. The fourth-order valence-corrected chi connectivity index (χ4v) is 2.51. The van der Waals surface area contributed by atoms with Crippen molar-refractivity contribution in [1.29, 1.82) is 0 Å². The van der Waals surface area contributed by atoms with Gasteiger partial charge in [0, 0.05) is 26.1 Å². The third-order valence-electron chi connectivity index (χ3n) is 3.37. The molecule has 4 heteroatoms. The molecule has 0 bridgehead atoms. The Balaban J connectivity index is 2.12. The molecule has 1 unspecified atom stereocenters. The summed E-state index contributed by atoms with van der Waals surface area (Å²) in [5.74, 6) is 1.38. The highest BCUT2D eigenvalue weighted by Crippen LogP contribution is 2.35. The summed E-state index contributed by atoms with van der Waals surface area (Å²) in [5, 5.41) is 0. The maximum absolute atomic E-state index is 6.17. The maximum atomic E-state index is 6.17. The highest BCUT2D eigenvalue weighted by molar-refractivity contribution is 5.74. The number of benzene rings is 1. The lowest BCUT2D eigenvalue weighted by Crippen LogP contribution is -2.22. The van der Waals surface area contributed by atoms with Crippen LogP contribution in [0.2, 0.25) is 0 Å². The van der Waals surface area contributed by atoms with E-state index in [1.54, 1.807) is 7.11 Å². The molecule has 1 atom stereocenters. The zero-order valence-corrected chi connectivity index (χ0v) is 11.2. The first kappa shape index (κ1) is 13.0. The van der Waals surface area contributed by atoms with Crippen LogP contribution in [0.1, 0.15) is 13.3 Å². The fourth-order valence-electron chi connectivity index (χ4n) is 2.51. The average molecular weight is 250 g/mol. The maximum Gasteiger partial charge on any atom is 0.144 e. The molecule has 2 rings (SSSR count). The molecule has 100 valence electrons. The second-order valence-corrected chi connectivity index (χ2v) is 4.68. The first-order valence-electron chi connectivity index (χ1n) is 6.51. The van der Waals surface area contributed by atoms with Crippen LogP contribution in [0, 0.1) is 5.92 Å². The molecule has 1 saturated heterocycles. The van der Waals surface area contributed by atoms with E-state index in [1.165, 1.54) is 0 Å². The Morgan fingerprint density at radius 2 is 2.28 bits per heavy atom. The van der Waals surface area contributed by atoms with E-state index in [1.807, 2.05) is 19.1 Å². The minimum Gasteiger partial charge on any atom is -0.492 e. The van der Waals surface area contributed by atoms with E-state index in [2.05, 4.69) is 11.0 Å². The number of hydrogen-bond donors (Lipinski definition) is 1. The van der Waals surface area contributed by atoms with Gasteiger partial charge in [-0.15, -0.1) is 0 Å². The van der Waals surface area contributed by atoms with Crippen molar-refractivity contribution in [3.63, 3.8) is 0 Å². The van der Waals surface area contributed by atoms with E-state index in [4.69, 9.17) is 15.2 Å². The summed E-state index contributed by atoms with van der Waals surface area (Å²) in [4.78, 5) is 2.32. The first-order valence-corrected chi connectivity index (χ1v) is 6.51. The lowest BCUT2D eigenvalue weighted by molar-refractivity contribution is 0.161. The van der Waals surface area contributed by atoms with E-state index in [0.717, 1.165) is 43.2 Å². The third kappa shape index (κ3) is 2.70. The zero-order chi connectivity index (χ0) is 13.0. The van der Waals surface area contributed by atoms with Crippen LogP contribution in [0.25, 0.3) is 0 Å². The van der Waals surface area contributed by atoms with Crippen LogP contribution in [0.4, 0.5) is 11.4 Å². The van der Waals surface area contributed by atoms with E-state index in [9.17, 15) is 0 Å². The van der Waals surface area contributed by atoms with Gasteiger partial charge in [0.05, 0.1) is 24.6 Å². The topological polar surface area (TPSA) is 47.7 Å². The number of ether oxygens (including phenoxy) is 2. The minimum absolute atomic E-state index is 0.602. The number of hydrogen-bond acceptors (Lipinski definition) is 4. The molecule has 0 saturated carbocycles. The molecule has 1 aliphatic rings. The largest absolute Gasteiger partial charge is 0.492 e. The number of anilines is 2. The molecular formula is C14H22N2O2. The zero-order valence-electron chi connectivity index (χ0n) is 11.2. The van der Waals surface area contributed by atoms with Crippen LogP contribution in [-0.2, 0) is 4.74 Å². The highest BCUT2D eigenvalue weighted by Gasteiger charge is 2.24. The lowest BCUT2D eigenvalue weighted by Gasteiger charge is -2.22. The van der Waals surface area contributed by atoms with Gasteiger partial charge in [-0.1, -0.05) is 6.07 Å². The van der Waals surface area contributed by atoms with Gasteiger partial charge in [0.2, 0.25) is 0 Å². The second-order valence-electron chi connectivity index (χ2n) is 4.68. The lowest BCUT2D eigenvalue weighted by atomic mass is 10.1. The van der Waals surface area contributed by atoms with E-state index in [-0.39, 0.29) is 0 Å². The summed E-state index contributed by atoms with van der Waals surface area (Å²) in [6, 6.07) is 5.98. The van der Waals surface area contributed by atoms with Gasteiger partial charge in [-0.05, 0) is 25.5 Å². The molecule has 4 nitrogen and oxygen atoms in total. The van der Waals surface area contributed by atoms with Crippen LogP contribution >= 0.6 is 0 Å². The summed E-state index contributed by atoms with van der Waals surface area (Å²) >= 11 is 0. The molecule has 1 aliphatic heterocycles. The predicted octanol–water partition coefficient (Wildman–Crippen LogP) is 2.14. The van der Waals surface area contributed by atoms with Crippen molar-refractivity contribution >= 4 is 11.4 Å². The molecule has 1 aromatic carbocycles. The van der Waals surface area contributed by atoms with Crippen LogP contribution in [0.3, 0.4) is 0 Å². The van der Waals surface area contributed by atoms with Gasteiger partial charge < -0.3 is 20.1 Å². The molecule has 0 aliphatic carbocycles. The molecule has 0 amide bonds. The molecule has 1 heterocycles. The Kier molecular flexibility index (Phi) is 4.31. The van der Waals surface area contributed by atoms with E-state index >= 15 is 0 Å². The molecule has 18 heavy (non-hydrogen) atoms. The van der Waals surface area contributed by atoms with Crippen molar-refractivity contribution in [2.45, 2.75) is 13.3 Å². The average Bonchev–Trinajstić information content (AvgIpc) is 2.81. The molecular weight excluding hydrogens is 228 g/mol. The van der Waals surface area contributed by atoms with Gasteiger partial charge in [0.15, 0.2) is 0 Å². The van der Waals surface area contributed by atoms with Crippen molar-refractivity contribution in [2.24, 2.45) is 5.92 Å². The SMILES string of the molecule is CCOc1cccc(N2CCC(COC)C2)c1N. The van der Waals surface area contributed by atoms with Crippen LogP contribution in [0.5, 0.6) is 5.75 Å². The minimum atomic E-state index is 0.602. The number of nitrogen functional groups attached to an aromatic ring is 1. The number of nitrogens with two attached hydrogens (primary N) is 1. The molecule has 0 spiro atoms. The number of nitrogens with zero attached hydrogens (tertiary/aromatic N) is 1. The highest BCUT2D eigenvalue weighted by atomic mass is 16.5. The smallest absolute Gasteiger partial charge is 0.144 e. The molecule has 1 fully saturated rings. The van der Waals surface area contributed by atoms with Gasteiger partial charge in [-0.25, -0.2) is 0 Å². The third-order valence-corrected chi connectivity index (χ3v) is 3.37. The van der Waals surface area contributed by atoms with Gasteiger partial charge in [-0.2, -0.15) is 0 Å². The summed E-state index contributed by atoms with van der Waals surface area (Å²) in [6.07, 6.45) is 1.16. The van der Waals surface area contributed by atoms with Crippen LogP contribution in [0.15, 0.2) is 18.2 Å². The second kappa shape index (κ2) is 5.96. The molecule has 0 radical (unpaired) electrons. The normalized spacial score (nSPS) is 19.2. The first-order chi connectivity index (χ1) is 8.76. The molecule has 2 N–H and O–H groups in total. The quantitative estimate of drug-likeness (QED) is 0.813. The van der Waals surface area contributed by atoms with Gasteiger partial charge in [0.1, 0.15) is 5.75 Å². The number of methoxy groups -OCH3 is 1. The van der Waals surface area contributed by atoms with Gasteiger partial charge in [-0.3, -0.25) is 0 Å². The van der Waals surface area contributed by atoms with Crippen molar-refractivity contribution in [2.75, 3.05) is 44.0 Å². The number of para-hydroxylation sites is 1. The Morgan fingerprint density at radius 1 is 1.44 bits per heavy atom. The van der Waals surface area contributed by atoms with Crippen molar-refractivity contribution in [1.82, 2.24) is 0 Å². The predicted molar refractivity (Wildman–Crippen MR) is 74.2 cm³/mol. The van der Waals surface area contributed by atoms with Crippen molar-refractivity contribution in [3.05, 3.63) is 18.2 Å². The number of rotatable bonds is 5. The summed E-state index contributed by atoms with van der Waals surface area (Å²) in [7, 11) is 1.76. The molecule has 1 aromatic rings. The Labute approximate surface area is 109 Å². The van der Waals surface area contributed by atoms with E-state index < -0.39 is 0 Å².